The summed E-state index contributed by atoms with van der Waals surface area (Å²) in [5, 5.41) is 3.24. The van der Waals surface area contributed by atoms with Gasteiger partial charge in [-0.05, 0) is 24.6 Å². The molecule has 0 saturated carbocycles. The summed E-state index contributed by atoms with van der Waals surface area (Å²) in [7, 11) is 1.42. The molecule has 4 nitrogen and oxygen atoms in total. The van der Waals surface area contributed by atoms with Crippen LogP contribution in [0.25, 0.3) is 0 Å². The predicted molar refractivity (Wildman–Crippen MR) is 70.7 cm³/mol. The average Bonchev–Trinajstić information content (AvgIpc) is 2.39. The van der Waals surface area contributed by atoms with Crippen molar-refractivity contribution in [1.82, 2.24) is 10.2 Å². The lowest BCUT2D eigenvalue weighted by atomic mass is 10.1. The fourth-order valence-corrected chi connectivity index (χ4v) is 2.31. The minimum absolute atomic E-state index is 0.0403. The molecule has 1 N–H and O–H groups in total. The lowest BCUT2D eigenvalue weighted by Gasteiger charge is -2.34. The van der Waals surface area contributed by atoms with Gasteiger partial charge in [-0.25, -0.2) is 4.39 Å². The fourth-order valence-electron chi connectivity index (χ4n) is 2.31. The van der Waals surface area contributed by atoms with Gasteiger partial charge in [-0.3, -0.25) is 4.79 Å². The molecule has 2 rings (SSSR count). The van der Waals surface area contributed by atoms with Crippen LogP contribution in [-0.4, -0.2) is 43.6 Å². The number of benzene rings is 1. The van der Waals surface area contributed by atoms with E-state index in [1.807, 2.05) is 11.8 Å². The molecule has 1 aliphatic rings. The zero-order valence-electron chi connectivity index (χ0n) is 11.3. The number of piperazine rings is 1. The summed E-state index contributed by atoms with van der Waals surface area (Å²) in [6.45, 7) is 4.34. The maximum atomic E-state index is 13.6. The highest BCUT2D eigenvalue weighted by Crippen LogP contribution is 2.18. The van der Waals surface area contributed by atoms with Crippen molar-refractivity contribution in [2.75, 3.05) is 26.7 Å². The Hall–Kier alpha value is -1.62. The number of halogens is 1. The highest BCUT2D eigenvalue weighted by Gasteiger charge is 2.23. The van der Waals surface area contributed by atoms with Crippen molar-refractivity contribution >= 4 is 5.91 Å². The second-order valence-electron chi connectivity index (χ2n) is 4.79. The number of hydrogen-bond donors (Lipinski definition) is 1. The highest BCUT2D eigenvalue weighted by atomic mass is 19.1. The largest absolute Gasteiger partial charge is 0.494 e. The molecule has 1 aromatic rings. The Morgan fingerprint density at radius 1 is 1.58 bits per heavy atom. The van der Waals surface area contributed by atoms with E-state index >= 15 is 0 Å². The molecule has 0 spiro atoms. The van der Waals surface area contributed by atoms with E-state index < -0.39 is 5.82 Å². The van der Waals surface area contributed by atoms with E-state index in [2.05, 4.69) is 5.32 Å². The van der Waals surface area contributed by atoms with E-state index in [9.17, 15) is 9.18 Å². The van der Waals surface area contributed by atoms with E-state index in [1.54, 1.807) is 12.1 Å². The minimum Gasteiger partial charge on any atom is -0.494 e. The lowest BCUT2D eigenvalue weighted by Crippen LogP contribution is -2.52. The van der Waals surface area contributed by atoms with Gasteiger partial charge in [-0.15, -0.1) is 0 Å². The van der Waals surface area contributed by atoms with Gasteiger partial charge in [0.05, 0.1) is 13.5 Å². The fraction of sp³-hybridized carbons (Fsp3) is 0.500. The number of hydrogen-bond acceptors (Lipinski definition) is 3. The van der Waals surface area contributed by atoms with Crippen LogP contribution < -0.4 is 10.1 Å². The van der Waals surface area contributed by atoms with Crippen LogP contribution in [0, 0.1) is 5.82 Å². The zero-order chi connectivity index (χ0) is 13.8. The van der Waals surface area contributed by atoms with Crippen LogP contribution in [0.3, 0.4) is 0 Å². The molecular weight excluding hydrogens is 247 g/mol. The van der Waals surface area contributed by atoms with E-state index in [1.165, 1.54) is 13.2 Å². The van der Waals surface area contributed by atoms with Gasteiger partial charge in [0.15, 0.2) is 11.6 Å². The monoisotopic (exact) mass is 266 g/mol. The molecule has 5 heteroatoms. The Kier molecular flexibility index (Phi) is 4.37. The Morgan fingerprint density at radius 2 is 2.37 bits per heavy atom. The van der Waals surface area contributed by atoms with Gasteiger partial charge in [-0.2, -0.15) is 0 Å². The van der Waals surface area contributed by atoms with Gasteiger partial charge in [0.2, 0.25) is 5.91 Å². The number of carbonyl (C=O) groups is 1. The van der Waals surface area contributed by atoms with Crippen LogP contribution in [0.1, 0.15) is 12.5 Å². The Morgan fingerprint density at radius 3 is 3.00 bits per heavy atom. The first kappa shape index (κ1) is 13.8. The summed E-state index contributed by atoms with van der Waals surface area (Å²) in [5.74, 6) is -0.188. The molecule has 19 heavy (non-hydrogen) atoms. The van der Waals surface area contributed by atoms with Crippen molar-refractivity contribution in [2.24, 2.45) is 0 Å². The number of carbonyl (C=O) groups excluding carboxylic acids is 1. The normalized spacial score (nSPS) is 19.3. The molecule has 0 aromatic heterocycles. The molecule has 0 unspecified atom stereocenters. The minimum atomic E-state index is -0.429. The number of nitrogens with zero attached hydrogens (tertiary/aromatic N) is 1. The Labute approximate surface area is 112 Å². The van der Waals surface area contributed by atoms with Crippen LogP contribution in [0.5, 0.6) is 5.75 Å². The van der Waals surface area contributed by atoms with Crippen molar-refractivity contribution in [3.8, 4) is 5.75 Å². The van der Waals surface area contributed by atoms with Gasteiger partial charge in [0.25, 0.3) is 0 Å². The van der Waals surface area contributed by atoms with Crippen molar-refractivity contribution in [2.45, 2.75) is 19.4 Å². The molecule has 0 radical (unpaired) electrons. The summed E-state index contributed by atoms with van der Waals surface area (Å²) in [6.07, 6.45) is 0.227. The molecule has 104 valence electrons. The van der Waals surface area contributed by atoms with Crippen LogP contribution in [0.15, 0.2) is 18.2 Å². The topological polar surface area (TPSA) is 41.6 Å². The van der Waals surface area contributed by atoms with Crippen molar-refractivity contribution < 1.29 is 13.9 Å². The molecule has 0 aliphatic carbocycles. The average molecular weight is 266 g/mol. The van der Waals surface area contributed by atoms with Crippen LogP contribution >= 0.6 is 0 Å². The third-order valence-corrected chi connectivity index (χ3v) is 3.39. The van der Waals surface area contributed by atoms with E-state index in [-0.39, 0.29) is 24.1 Å². The van der Waals surface area contributed by atoms with Crippen molar-refractivity contribution in [3.63, 3.8) is 0 Å². The predicted octanol–water partition coefficient (Wildman–Crippen LogP) is 1.20. The second kappa shape index (κ2) is 6.02. The summed E-state index contributed by atoms with van der Waals surface area (Å²) >= 11 is 0. The maximum absolute atomic E-state index is 13.6. The van der Waals surface area contributed by atoms with Gasteiger partial charge >= 0.3 is 0 Å². The smallest absolute Gasteiger partial charge is 0.227 e. The molecule has 1 fully saturated rings. The molecule has 1 aliphatic heterocycles. The number of nitrogens with one attached hydrogen (secondary N) is 1. The number of amides is 1. The van der Waals surface area contributed by atoms with Crippen LogP contribution in [-0.2, 0) is 11.2 Å². The van der Waals surface area contributed by atoms with Gasteiger partial charge < -0.3 is 15.0 Å². The molecule has 0 bridgehead atoms. The summed E-state index contributed by atoms with van der Waals surface area (Å²) < 4.78 is 18.4. The Bertz CT molecular complexity index is 465. The highest BCUT2D eigenvalue weighted by molar-refractivity contribution is 5.79. The molecule has 1 atom stereocenters. The quantitative estimate of drug-likeness (QED) is 0.893. The summed E-state index contributed by atoms with van der Waals surface area (Å²) in [4.78, 5) is 14.0. The van der Waals surface area contributed by atoms with E-state index in [4.69, 9.17) is 4.74 Å². The molecule has 1 heterocycles. The SMILES string of the molecule is COc1ccc(CC(=O)N2CCNC[C@@H]2C)cc1F. The van der Waals surface area contributed by atoms with Gasteiger partial charge in [0, 0.05) is 25.7 Å². The molecule has 1 saturated heterocycles. The summed E-state index contributed by atoms with van der Waals surface area (Å²) in [6, 6.07) is 4.83. The first-order valence-electron chi connectivity index (χ1n) is 6.44. The number of ether oxygens (including phenoxy) is 1. The van der Waals surface area contributed by atoms with E-state index in [0.29, 0.717) is 12.1 Å². The lowest BCUT2D eigenvalue weighted by molar-refractivity contribution is -0.133. The first-order valence-corrected chi connectivity index (χ1v) is 6.44. The van der Waals surface area contributed by atoms with E-state index in [0.717, 1.165) is 13.1 Å². The first-order chi connectivity index (χ1) is 9.11. The van der Waals surface area contributed by atoms with Crippen molar-refractivity contribution in [1.29, 1.82) is 0 Å². The third kappa shape index (κ3) is 3.23. The molecular formula is C14H19FN2O2. The zero-order valence-corrected chi connectivity index (χ0v) is 11.3. The van der Waals surface area contributed by atoms with Gasteiger partial charge in [0.1, 0.15) is 0 Å². The third-order valence-electron chi connectivity index (χ3n) is 3.39. The Balaban J connectivity index is 2.04. The molecule has 1 amide bonds. The standard InChI is InChI=1S/C14H19FN2O2/c1-10-9-16-5-6-17(10)14(18)8-11-3-4-13(19-2)12(15)7-11/h3-4,7,10,16H,5-6,8-9H2,1-2H3/t10-/m0/s1. The summed E-state index contributed by atoms with van der Waals surface area (Å²) in [5.41, 5.74) is 0.675. The number of rotatable bonds is 3. The van der Waals surface area contributed by atoms with Crippen LogP contribution in [0.2, 0.25) is 0 Å². The number of methoxy groups -OCH3 is 1. The van der Waals surface area contributed by atoms with Crippen LogP contribution in [0.4, 0.5) is 4.39 Å². The maximum Gasteiger partial charge on any atom is 0.227 e. The second-order valence-corrected chi connectivity index (χ2v) is 4.79. The van der Waals surface area contributed by atoms with Crippen molar-refractivity contribution in [3.05, 3.63) is 29.6 Å². The molecule has 1 aromatic carbocycles. The van der Waals surface area contributed by atoms with Gasteiger partial charge in [-0.1, -0.05) is 6.07 Å².